The van der Waals surface area contributed by atoms with E-state index in [0.29, 0.717) is 12.2 Å². The summed E-state index contributed by atoms with van der Waals surface area (Å²) in [6.45, 7) is 9.07. The number of benzene rings is 3. The normalized spacial score (nSPS) is 12.6. The Hall–Kier alpha value is -4.05. The quantitative estimate of drug-likeness (QED) is 0.268. The van der Waals surface area contributed by atoms with Gasteiger partial charge in [0, 0.05) is 18.7 Å². The average molecular weight is 610 g/mol. The smallest absolute Gasteiger partial charge is 0.264 e. The molecule has 232 valence electrons. The molecule has 1 N–H and O–H groups in total. The van der Waals surface area contributed by atoms with Crippen molar-refractivity contribution >= 4 is 27.5 Å². The molecule has 0 aliphatic carbocycles. The summed E-state index contributed by atoms with van der Waals surface area (Å²) in [7, 11) is -1.36. The Bertz CT molecular complexity index is 1510. The molecule has 2 atom stereocenters. The maximum absolute atomic E-state index is 14.4. The van der Waals surface area contributed by atoms with Crippen LogP contribution in [-0.4, -0.2) is 58.0 Å². The summed E-state index contributed by atoms with van der Waals surface area (Å²) in [5.74, 6) is -0.180. The minimum Gasteiger partial charge on any atom is -0.497 e. The molecule has 0 radical (unpaired) electrons. The molecular weight excluding hydrogens is 566 g/mol. The van der Waals surface area contributed by atoms with Crippen molar-refractivity contribution in [3.8, 4) is 11.5 Å². The maximum atomic E-state index is 14.4. The molecule has 10 heteroatoms. The number of methoxy groups -OCH3 is 2. The Kier molecular flexibility index (Phi) is 11.6. The van der Waals surface area contributed by atoms with Crippen molar-refractivity contribution in [2.45, 2.75) is 71.0 Å². The Balaban J connectivity index is 2.16. The molecule has 0 aromatic heterocycles. The molecule has 0 fully saturated rings. The van der Waals surface area contributed by atoms with Gasteiger partial charge in [-0.15, -0.1) is 0 Å². The lowest BCUT2D eigenvalue weighted by Gasteiger charge is -2.34. The van der Waals surface area contributed by atoms with Crippen LogP contribution < -0.4 is 19.1 Å². The van der Waals surface area contributed by atoms with Crippen molar-refractivity contribution < 1.29 is 27.5 Å². The van der Waals surface area contributed by atoms with Crippen molar-refractivity contribution in [3.63, 3.8) is 0 Å². The van der Waals surface area contributed by atoms with Crippen molar-refractivity contribution in [2.24, 2.45) is 0 Å². The van der Waals surface area contributed by atoms with E-state index in [0.717, 1.165) is 27.4 Å². The van der Waals surface area contributed by atoms with Crippen LogP contribution in [0.2, 0.25) is 0 Å². The predicted octanol–water partition coefficient (Wildman–Crippen LogP) is 5.24. The third-order valence-electron chi connectivity index (χ3n) is 7.53. The van der Waals surface area contributed by atoms with Gasteiger partial charge in [0.25, 0.3) is 10.0 Å². The van der Waals surface area contributed by atoms with Crippen LogP contribution in [0.25, 0.3) is 0 Å². The molecule has 0 bridgehead atoms. The number of nitrogens with zero attached hydrogens (tertiary/aromatic N) is 2. The Labute approximate surface area is 255 Å². The minimum absolute atomic E-state index is 0.0165. The number of ether oxygens (including phenoxy) is 2. The summed E-state index contributed by atoms with van der Waals surface area (Å²) >= 11 is 0. The fourth-order valence-corrected chi connectivity index (χ4v) is 6.09. The van der Waals surface area contributed by atoms with Gasteiger partial charge >= 0.3 is 0 Å². The summed E-state index contributed by atoms with van der Waals surface area (Å²) in [6, 6.07) is 17.9. The number of nitrogens with one attached hydrogen (secondary N) is 1. The fourth-order valence-electron chi connectivity index (χ4n) is 4.67. The van der Waals surface area contributed by atoms with E-state index < -0.39 is 28.5 Å². The number of amides is 2. The minimum atomic E-state index is -4.26. The first-order chi connectivity index (χ1) is 20.5. The molecule has 3 aromatic carbocycles. The van der Waals surface area contributed by atoms with Crippen LogP contribution in [0.5, 0.6) is 11.5 Å². The van der Waals surface area contributed by atoms with Crippen LogP contribution in [0.15, 0.2) is 71.6 Å². The van der Waals surface area contributed by atoms with Gasteiger partial charge in [-0.1, -0.05) is 55.8 Å². The van der Waals surface area contributed by atoms with Gasteiger partial charge in [0.05, 0.1) is 24.8 Å². The highest BCUT2D eigenvalue weighted by molar-refractivity contribution is 7.92. The van der Waals surface area contributed by atoms with E-state index in [2.05, 4.69) is 5.32 Å². The van der Waals surface area contributed by atoms with Crippen molar-refractivity contribution in [2.75, 3.05) is 25.1 Å². The topological polar surface area (TPSA) is 105 Å². The lowest BCUT2D eigenvalue weighted by Crippen LogP contribution is -2.53. The average Bonchev–Trinajstić information content (AvgIpc) is 3.00. The monoisotopic (exact) mass is 609 g/mol. The van der Waals surface area contributed by atoms with E-state index in [1.807, 2.05) is 58.9 Å². The van der Waals surface area contributed by atoms with Gasteiger partial charge in [-0.2, -0.15) is 0 Å². The molecular formula is C33H43N3O6S. The number of carbonyl (C=O) groups excluding carboxylic acids is 2. The largest absolute Gasteiger partial charge is 0.497 e. The van der Waals surface area contributed by atoms with Crippen LogP contribution in [0.1, 0.15) is 50.3 Å². The molecule has 43 heavy (non-hydrogen) atoms. The first kappa shape index (κ1) is 33.5. The van der Waals surface area contributed by atoms with Crippen LogP contribution in [0.4, 0.5) is 5.69 Å². The first-order valence-electron chi connectivity index (χ1n) is 14.4. The van der Waals surface area contributed by atoms with Crippen molar-refractivity contribution in [1.82, 2.24) is 10.2 Å². The van der Waals surface area contributed by atoms with E-state index in [1.54, 1.807) is 24.3 Å². The van der Waals surface area contributed by atoms with E-state index in [9.17, 15) is 18.0 Å². The summed E-state index contributed by atoms with van der Waals surface area (Å²) < 4.78 is 40.4. The summed E-state index contributed by atoms with van der Waals surface area (Å²) in [6.07, 6.45) is 1.07. The van der Waals surface area contributed by atoms with Gasteiger partial charge in [0.2, 0.25) is 11.8 Å². The Morgan fingerprint density at radius 2 is 1.58 bits per heavy atom. The zero-order valence-corrected chi connectivity index (χ0v) is 26.9. The third kappa shape index (κ3) is 8.07. The van der Waals surface area contributed by atoms with E-state index in [4.69, 9.17) is 9.47 Å². The summed E-state index contributed by atoms with van der Waals surface area (Å²) in [5, 5.41) is 2.99. The van der Waals surface area contributed by atoms with Crippen LogP contribution >= 0.6 is 0 Å². The second-order valence-corrected chi connectivity index (χ2v) is 12.4. The highest BCUT2D eigenvalue weighted by Crippen LogP contribution is 2.36. The third-order valence-corrected chi connectivity index (χ3v) is 9.31. The Morgan fingerprint density at radius 1 is 0.907 bits per heavy atom. The molecule has 3 aromatic rings. The molecule has 3 rings (SSSR count). The first-order valence-corrected chi connectivity index (χ1v) is 15.9. The zero-order chi connectivity index (χ0) is 31.7. The molecule has 0 saturated heterocycles. The van der Waals surface area contributed by atoms with Gasteiger partial charge in [0.15, 0.2) is 0 Å². The van der Waals surface area contributed by atoms with Gasteiger partial charge in [0.1, 0.15) is 24.1 Å². The lowest BCUT2D eigenvalue weighted by atomic mass is 10.1. The van der Waals surface area contributed by atoms with Gasteiger partial charge in [-0.3, -0.25) is 13.9 Å². The molecule has 0 heterocycles. The number of hydrogen-bond acceptors (Lipinski definition) is 6. The van der Waals surface area contributed by atoms with Crippen LogP contribution in [0, 0.1) is 13.8 Å². The molecule has 0 saturated carbocycles. The van der Waals surface area contributed by atoms with Crippen LogP contribution in [-0.2, 0) is 26.2 Å². The number of anilines is 1. The van der Waals surface area contributed by atoms with E-state index in [1.165, 1.54) is 37.3 Å². The van der Waals surface area contributed by atoms with Gasteiger partial charge < -0.3 is 19.7 Å². The molecule has 2 unspecified atom stereocenters. The number of hydrogen-bond donors (Lipinski definition) is 1. The maximum Gasteiger partial charge on any atom is 0.264 e. The molecule has 9 nitrogen and oxygen atoms in total. The van der Waals surface area contributed by atoms with Gasteiger partial charge in [-0.25, -0.2) is 8.42 Å². The molecule has 0 aliphatic heterocycles. The number of aryl methyl sites for hydroxylation is 2. The molecule has 2 amide bonds. The number of sulfonamides is 1. The zero-order valence-electron chi connectivity index (χ0n) is 26.1. The van der Waals surface area contributed by atoms with Crippen molar-refractivity contribution in [3.05, 3.63) is 83.4 Å². The lowest BCUT2D eigenvalue weighted by molar-refractivity contribution is -0.140. The standard InChI is InChI=1S/C33H43N3O6S/c1-8-25(5)34-33(38)29(9-2)35(21-26-13-11-10-12-24(26)4)32(37)22-36(30-20-27(41-6)16-19-31(30)42-7)43(39,40)28-17-14-23(3)15-18-28/h10-20,25,29H,8-9,21-22H2,1-7H3,(H,34,38). The van der Waals surface area contributed by atoms with E-state index in [-0.39, 0.29) is 34.8 Å². The second-order valence-electron chi connectivity index (χ2n) is 10.6. The second kappa shape index (κ2) is 14.9. The highest BCUT2D eigenvalue weighted by Gasteiger charge is 2.35. The SMILES string of the molecule is CCC(C)NC(=O)C(CC)N(Cc1ccccc1C)C(=O)CN(c1cc(OC)ccc1OC)S(=O)(=O)c1ccc(C)cc1. The van der Waals surface area contributed by atoms with Crippen molar-refractivity contribution in [1.29, 1.82) is 0 Å². The molecule has 0 aliphatic rings. The fraction of sp³-hybridized carbons (Fsp3) is 0.394. The molecule has 0 spiro atoms. The Morgan fingerprint density at radius 3 is 2.16 bits per heavy atom. The number of rotatable bonds is 14. The predicted molar refractivity (Wildman–Crippen MR) is 169 cm³/mol. The van der Waals surface area contributed by atoms with E-state index >= 15 is 0 Å². The van der Waals surface area contributed by atoms with Gasteiger partial charge in [-0.05, 0) is 69.0 Å². The summed E-state index contributed by atoms with van der Waals surface area (Å²) in [5.41, 5.74) is 2.85. The van der Waals surface area contributed by atoms with Crippen LogP contribution in [0.3, 0.4) is 0 Å². The number of carbonyl (C=O) groups is 2. The summed E-state index contributed by atoms with van der Waals surface area (Å²) in [4.78, 5) is 29.3. The highest BCUT2D eigenvalue weighted by atomic mass is 32.2.